The summed E-state index contributed by atoms with van der Waals surface area (Å²) in [4.78, 5) is 10.3. The summed E-state index contributed by atoms with van der Waals surface area (Å²) < 4.78 is 28.7. The van der Waals surface area contributed by atoms with Gasteiger partial charge in [0.2, 0.25) is 0 Å². The number of halogens is 1. The second-order valence-electron chi connectivity index (χ2n) is 6.21. The molecule has 1 rings (SSSR count). The highest BCUT2D eigenvalue weighted by Crippen LogP contribution is 2.32. The highest BCUT2D eigenvalue weighted by Gasteiger charge is 2.39. The van der Waals surface area contributed by atoms with Crippen LogP contribution in [0, 0.1) is 15.9 Å². The van der Waals surface area contributed by atoms with E-state index in [1.165, 1.54) is 0 Å². The molecule has 6 nitrogen and oxygen atoms in total. The molecule has 0 bridgehead atoms. The fourth-order valence-corrected chi connectivity index (χ4v) is 2.80. The third-order valence-corrected chi connectivity index (χ3v) is 4.99. The van der Waals surface area contributed by atoms with Gasteiger partial charge in [0.05, 0.1) is 10.5 Å². The number of hydrogen-bond donors (Lipinski definition) is 2. The van der Waals surface area contributed by atoms with Crippen LogP contribution in [0.4, 0.5) is 10.1 Å². The van der Waals surface area contributed by atoms with E-state index in [1.807, 2.05) is 0 Å². The Balaban J connectivity index is 3.29. The van der Waals surface area contributed by atoms with Gasteiger partial charge in [0.1, 0.15) is 10.6 Å². The Morgan fingerprint density at radius 3 is 2.41 bits per heavy atom. The van der Waals surface area contributed by atoms with Crippen molar-refractivity contribution in [3.05, 3.63) is 39.7 Å². The van der Waals surface area contributed by atoms with Gasteiger partial charge in [-0.2, -0.15) is 0 Å². The minimum absolute atomic E-state index is 0.00773. The van der Waals surface area contributed by atoms with Crippen LogP contribution in [0.2, 0.25) is 0 Å². The summed E-state index contributed by atoms with van der Waals surface area (Å²) in [6.45, 7) is 6.53. The van der Waals surface area contributed by atoms with Gasteiger partial charge in [0.25, 0.3) is 5.69 Å². The van der Waals surface area contributed by atoms with E-state index in [0.29, 0.717) is 0 Å². The molecule has 1 aromatic rings. The summed E-state index contributed by atoms with van der Waals surface area (Å²) in [5.74, 6) is -0.653. The number of nitro benzene ring substituents is 1. The van der Waals surface area contributed by atoms with Gasteiger partial charge in [-0.1, -0.05) is 0 Å². The van der Waals surface area contributed by atoms with Crippen molar-refractivity contribution in [2.75, 3.05) is 6.61 Å². The van der Waals surface area contributed by atoms with Crippen molar-refractivity contribution in [2.24, 2.45) is 0 Å². The number of non-ortho nitro benzene ring substituents is 1. The van der Waals surface area contributed by atoms with Crippen molar-refractivity contribution in [1.82, 2.24) is 4.72 Å². The van der Waals surface area contributed by atoms with Gasteiger partial charge in [-0.05, 0) is 40.2 Å². The van der Waals surface area contributed by atoms with E-state index in [4.69, 9.17) is 0 Å². The molecular formula is C14H21FN2O4S. The van der Waals surface area contributed by atoms with E-state index in [2.05, 4.69) is 4.72 Å². The zero-order chi connectivity index (χ0) is 17.1. The van der Waals surface area contributed by atoms with Gasteiger partial charge in [0, 0.05) is 35.7 Å². The monoisotopic (exact) mass is 332 g/mol. The molecule has 0 saturated heterocycles. The van der Waals surface area contributed by atoms with Gasteiger partial charge in [-0.25, -0.2) is 4.39 Å². The van der Waals surface area contributed by atoms with Crippen molar-refractivity contribution in [1.29, 1.82) is 0 Å². The van der Waals surface area contributed by atoms with Gasteiger partial charge >= 0.3 is 0 Å². The molecule has 0 aliphatic rings. The van der Waals surface area contributed by atoms with E-state index in [0.717, 1.165) is 18.2 Å². The largest absolute Gasteiger partial charge is 0.598 e. The third kappa shape index (κ3) is 4.39. The molecule has 2 N–H and O–H groups in total. The molecule has 0 heterocycles. The first-order chi connectivity index (χ1) is 10.0. The van der Waals surface area contributed by atoms with Crippen LogP contribution in [0.15, 0.2) is 18.2 Å². The molecule has 8 heteroatoms. The zero-order valence-electron chi connectivity index (χ0n) is 13.1. The molecule has 22 heavy (non-hydrogen) atoms. The van der Waals surface area contributed by atoms with Gasteiger partial charge in [0.15, 0.2) is 0 Å². The number of nitrogens with one attached hydrogen (secondary N) is 1. The highest BCUT2D eigenvalue weighted by atomic mass is 32.2. The molecule has 0 aliphatic carbocycles. The normalized spacial score (nSPS) is 16.1. The maximum absolute atomic E-state index is 14.2. The third-order valence-electron chi connectivity index (χ3n) is 3.24. The quantitative estimate of drug-likeness (QED) is 0.473. The zero-order valence-corrected chi connectivity index (χ0v) is 13.9. The van der Waals surface area contributed by atoms with Crippen molar-refractivity contribution >= 4 is 17.0 Å². The van der Waals surface area contributed by atoms with Crippen LogP contribution < -0.4 is 4.72 Å². The number of rotatable bonds is 6. The van der Waals surface area contributed by atoms with Crippen LogP contribution >= 0.6 is 0 Å². The molecule has 0 saturated carbocycles. The van der Waals surface area contributed by atoms with Gasteiger partial charge in [-0.15, -0.1) is 4.72 Å². The molecule has 124 valence electrons. The molecule has 0 radical (unpaired) electrons. The molecule has 2 atom stereocenters. The molecule has 0 spiro atoms. The second-order valence-corrected chi connectivity index (χ2v) is 8.18. The lowest BCUT2D eigenvalue weighted by molar-refractivity contribution is -0.385. The lowest BCUT2D eigenvalue weighted by Gasteiger charge is -2.35. The van der Waals surface area contributed by atoms with Gasteiger partial charge < -0.3 is 9.66 Å². The summed E-state index contributed by atoms with van der Waals surface area (Å²) in [7, 11) is 0. The smallest absolute Gasteiger partial charge is 0.269 e. The van der Waals surface area contributed by atoms with E-state index in [-0.39, 0.29) is 24.3 Å². The Kier molecular flexibility index (Phi) is 5.91. The number of hydrogen-bond acceptors (Lipinski definition) is 5. The average molecular weight is 332 g/mol. The number of aliphatic hydroxyl groups excluding tert-OH is 1. The van der Waals surface area contributed by atoms with E-state index in [1.54, 1.807) is 27.7 Å². The Bertz CT molecular complexity index is 550. The predicted octanol–water partition coefficient (Wildman–Crippen LogP) is 2.38. The summed E-state index contributed by atoms with van der Waals surface area (Å²) in [5, 5.41) is 20.1. The first-order valence-corrected chi connectivity index (χ1v) is 7.91. The van der Waals surface area contributed by atoms with E-state index < -0.39 is 32.4 Å². The fourth-order valence-electron chi connectivity index (χ4n) is 1.87. The first-order valence-electron chi connectivity index (χ1n) is 6.76. The molecule has 0 aromatic heterocycles. The summed E-state index contributed by atoms with van der Waals surface area (Å²) in [5.41, 5.74) is -1.44. The molecule has 0 unspecified atom stereocenters. The van der Waals surface area contributed by atoms with Gasteiger partial charge in [-0.3, -0.25) is 10.1 Å². The average Bonchev–Trinajstić information content (AvgIpc) is 2.37. The Hall–Kier alpha value is -1.22. The molecule has 1 aromatic carbocycles. The number of nitro groups is 1. The van der Waals surface area contributed by atoms with Crippen molar-refractivity contribution in [3.63, 3.8) is 0 Å². The molecule has 0 aliphatic heterocycles. The predicted molar refractivity (Wildman–Crippen MR) is 83.1 cm³/mol. The number of nitrogens with zero attached hydrogens (tertiary/aromatic N) is 1. The maximum atomic E-state index is 14.2. The lowest BCUT2D eigenvalue weighted by Crippen LogP contribution is -2.50. The van der Waals surface area contributed by atoms with Crippen LogP contribution in [0.1, 0.15) is 39.7 Å². The Morgan fingerprint density at radius 2 is 1.95 bits per heavy atom. The highest BCUT2D eigenvalue weighted by molar-refractivity contribution is 7.90. The van der Waals surface area contributed by atoms with E-state index in [9.17, 15) is 24.2 Å². The number of aliphatic hydroxyl groups is 1. The van der Waals surface area contributed by atoms with Crippen LogP contribution in [-0.2, 0) is 16.9 Å². The Labute approximate surface area is 132 Å². The standard InChI is InChI=1S/C14H21FN2O4S/c1-13(2,3)22(21)16-14(4,7-8-18)11-9-10(17(19)20)5-6-12(11)15/h5-6,9,16,18H,7-8H2,1-4H3/t14-,22-/m0/s1. The van der Waals surface area contributed by atoms with Crippen molar-refractivity contribution < 1.29 is 19.0 Å². The summed E-state index contributed by atoms with van der Waals surface area (Å²) in [6, 6.07) is 3.18. The van der Waals surface area contributed by atoms with Crippen molar-refractivity contribution in [2.45, 2.75) is 44.4 Å². The summed E-state index contributed by atoms with van der Waals surface area (Å²) >= 11 is -1.53. The molecule has 0 fully saturated rings. The maximum Gasteiger partial charge on any atom is 0.269 e. The molecule has 0 amide bonds. The lowest BCUT2D eigenvalue weighted by atomic mass is 9.89. The second kappa shape index (κ2) is 6.91. The van der Waals surface area contributed by atoms with E-state index >= 15 is 0 Å². The van der Waals surface area contributed by atoms with Crippen LogP contribution in [0.5, 0.6) is 0 Å². The topological polar surface area (TPSA) is 98.5 Å². The fraction of sp³-hybridized carbons (Fsp3) is 0.571. The molecular weight excluding hydrogens is 311 g/mol. The minimum atomic E-state index is -1.53. The van der Waals surface area contributed by atoms with Crippen LogP contribution in [-0.4, -0.2) is 25.9 Å². The SMILES string of the molecule is CC(C)(C)[S@+]([O-])N[C@@](C)(CCO)c1cc([N+](=O)[O-])ccc1F. The minimum Gasteiger partial charge on any atom is -0.598 e. The summed E-state index contributed by atoms with van der Waals surface area (Å²) in [6.07, 6.45) is 0.0624. The van der Waals surface area contributed by atoms with Crippen LogP contribution in [0.25, 0.3) is 0 Å². The Morgan fingerprint density at radius 1 is 1.36 bits per heavy atom. The number of benzene rings is 1. The van der Waals surface area contributed by atoms with Crippen molar-refractivity contribution in [3.8, 4) is 0 Å². The first kappa shape index (κ1) is 18.8. The van der Waals surface area contributed by atoms with Crippen LogP contribution in [0.3, 0.4) is 0 Å².